The average molecular weight is 338 g/mol. The van der Waals surface area contributed by atoms with Crippen LogP contribution in [0.25, 0.3) is 15.7 Å². The van der Waals surface area contributed by atoms with Gasteiger partial charge in [0.05, 0.1) is 0 Å². The fraction of sp³-hybridized carbons (Fsp3) is 0.444. The van der Waals surface area contributed by atoms with Gasteiger partial charge in [0.2, 0.25) is 0 Å². The van der Waals surface area contributed by atoms with E-state index in [0.29, 0.717) is 5.92 Å². The van der Waals surface area contributed by atoms with Crippen molar-refractivity contribution in [3.05, 3.63) is 40.5 Å². The molecule has 118 valence electrons. The molecular formula is C18H21ClFNS. The summed E-state index contributed by atoms with van der Waals surface area (Å²) in [5.41, 5.74) is 4.56. The molecule has 1 heterocycles. The van der Waals surface area contributed by atoms with Gasteiger partial charge in [-0.3, -0.25) is 0 Å². The normalized spacial score (nSPS) is 23.9. The second kappa shape index (κ2) is 6.31. The van der Waals surface area contributed by atoms with Gasteiger partial charge in [0.25, 0.3) is 0 Å². The van der Waals surface area contributed by atoms with E-state index >= 15 is 0 Å². The number of rotatable bonds is 3. The first-order chi connectivity index (χ1) is 10.3. The maximum Gasteiger partial charge on any atom is 0.124 e. The van der Waals surface area contributed by atoms with Gasteiger partial charge in [-0.2, -0.15) is 0 Å². The third kappa shape index (κ3) is 2.49. The lowest BCUT2D eigenvalue weighted by molar-refractivity contribution is 0.319. The van der Waals surface area contributed by atoms with Gasteiger partial charge in [0, 0.05) is 16.6 Å². The number of likely N-dealkylation sites (N-methyl/N-ethyl adjacent to an activating group) is 1. The molecule has 2 bridgehead atoms. The Hall–Kier alpha value is -0.900. The van der Waals surface area contributed by atoms with Crippen molar-refractivity contribution in [2.45, 2.75) is 25.7 Å². The highest BCUT2D eigenvalue weighted by Crippen LogP contribution is 2.50. The highest BCUT2D eigenvalue weighted by atomic mass is 35.5. The van der Waals surface area contributed by atoms with Crippen molar-refractivity contribution in [1.29, 1.82) is 0 Å². The van der Waals surface area contributed by atoms with Gasteiger partial charge in [0.1, 0.15) is 5.82 Å². The predicted molar refractivity (Wildman–Crippen MR) is 95.3 cm³/mol. The SMILES string of the molecule is CNCC1=C(c2csc3cc(F)ccc23)C2CCC1CC2.Cl. The summed E-state index contributed by atoms with van der Waals surface area (Å²) in [5.74, 6) is 1.33. The smallest absolute Gasteiger partial charge is 0.124 e. The minimum atomic E-state index is -0.134. The summed E-state index contributed by atoms with van der Waals surface area (Å²) in [6.07, 6.45) is 5.35. The van der Waals surface area contributed by atoms with Gasteiger partial charge < -0.3 is 5.32 Å². The van der Waals surface area contributed by atoms with Crippen LogP contribution in [0, 0.1) is 17.7 Å². The number of nitrogens with one attached hydrogen (secondary N) is 1. The van der Waals surface area contributed by atoms with E-state index in [1.807, 2.05) is 13.1 Å². The molecular weight excluding hydrogens is 317 g/mol. The standard InChI is InChI=1S/C18H20FNS.ClH/c1-20-9-15-11-2-4-12(5-3-11)18(15)16-10-21-17-8-13(19)6-7-14(16)17;/h6-8,10-12,20H,2-5,9H2,1H3;1H. The summed E-state index contributed by atoms with van der Waals surface area (Å²) in [7, 11) is 2.04. The number of hydrogen-bond donors (Lipinski definition) is 1. The van der Waals surface area contributed by atoms with Gasteiger partial charge in [-0.1, -0.05) is 6.07 Å². The van der Waals surface area contributed by atoms with Gasteiger partial charge in [-0.05, 0) is 78.8 Å². The van der Waals surface area contributed by atoms with Crippen LogP contribution in [0.2, 0.25) is 0 Å². The Bertz CT molecular complexity index is 713. The van der Waals surface area contributed by atoms with E-state index in [1.165, 1.54) is 36.6 Å². The highest BCUT2D eigenvalue weighted by molar-refractivity contribution is 7.17. The molecule has 0 aliphatic heterocycles. The Balaban J connectivity index is 0.00000144. The zero-order chi connectivity index (χ0) is 14.4. The lowest BCUT2D eigenvalue weighted by atomic mass is 9.65. The van der Waals surface area contributed by atoms with Gasteiger partial charge in [0.15, 0.2) is 0 Å². The number of benzene rings is 1. The summed E-state index contributed by atoms with van der Waals surface area (Å²) >= 11 is 1.67. The Kier molecular flexibility index (Phi) is 4.58. The van der Waals surface area contributed by atoms with Crippen molar-refractivity contribution < 1.29 is 4.39 Å². The maximum atomic E-state index is 13.4. The molecule has 0 spiro atoms. The first-order valence-electron chi connectivity index (χ1n) is 7.82. The monoisotopic (exact) mass is 337 g/mol. The van der Waals surface area contributed by atoms with E-state index in [2.05, 4.69) is 10.7 Å². The topological polar surface area (TPSA) is 12.0 Å². The van der Waals surface area contributed by atoms with Crippen LogP contribution in [0.1, 0.15) is 31.2 Å². The van der Waals surface area contributed by atoms with Crippen molar-refractivity contribution in [2.75, 3.05) is 13.6 Å². The molecule has 0 radical (unpaired) electrons. The molecule has 1 nitrogen and oxygen atoms in total. The molecule has 3 aliphatic carbocycles. The quantitative estimate of drug-likeness (QED) is 0.806. The highest BCUT2D eigenvalue weighted by Gasteiger charge is 2.35. The molecule has 1 N–H and O–H groups in total. The summed E-state index contributed by atoms with van der Waals surface area (Å²) in [5, 5.41) is 6.84. The minimum absolute atomic E-state index is 0. The summed E-state index contributed by atoms with van der Waals surface area (Å²) < 4.78 is 14.5. The Labute approximate surface area is 141 Å². The molecule has 0 unspecified atom stereocenters. The zero-order valence-corrected chi connectivity index (χ0v) is 14.3. The molecule has 2 aromatic rings. The molecule has 1 fully saturated rings. The van der Waals surface area contributed by atoms with Crippen LogP contribution in [0.4, 0.5) is 4.39 Å². The summed E-state index contributed by atoms with van der Waals surface area (Å²) in [4.78, 5) is 0. The number of fused-ring (bicyclic) bond motifs is 3. The van der Waals surface area contributed by atoms with E-state index in [4.69, 9.17) is 0 Å². The minimum Gasteiger partial charge on any atom is -0.316 e. The average Bonchev–Trinajstić information content (AvgIpc) is 2.91. The van der Waals surface area contributed by atoms with Crippen LogP contribution in [0.15, 0.2) is 29.2 Å². The molecule has 1 saturated carbocycles. The fourth-order valence-corrected chi connectivity index (χ4v) is 5.23. The molecule has 1 aromatic heterocycles. The lowest BCUT2D eigenvalue weighted by Gasteiger charge is -2.40. The van der Waals surface area contributed by atoms with Crippen LogP contribution < -0.4 is 5.32 Å². The van der Waals surface area contributed by atoms with Crippen molar-refractivity contribution in [1.82, 2.24) is 5.32 Å². The molecule has 1 aromatic carbocycles. The first-order valence-corrected chi connectivity index (χ1v) is 8.70. The van der Waals surface area contributed by atoms with Crippen LogP contribution in [-0.4, -0.2) is 13.6 Å². The Morgan fingerprint density at radius 1 is 1.18 bits per heavy atom. The molecule has 5 rings (SSSR count). The molecule has 0 saturated heterocycles. The third-order valence-electron chi connectivity index (χ3n) is 5.17. The summed E-state index contributed by atoms with van der Waals surface area (Å²) in [6.45, 7) is 0.995. The number of hydrogen-bond acceptors (Lipinski definition) is 2. The number of allylic oxidation sites excluding steroid dienone is 1. The largest absolute Gasteiger partial charge is 0.316 e. The van der Waals surface area contributed by atoms with Crippen molar-refractivity contribution in [3.8, 4) is 0 Å². The molecule has 4 heteroatoms. The van der Waals surface area contributed by atoms with Gasteiger partial charge in [-0.25, -0.2) is 4.39 Å². The Morgan fingerprint density at radius 3 is 2.64 bits per heavy atom. The molecule has 22 heavy (non-hydrogen) atoms. The van der Waals surface area contributed by atoms with Crippen LogP contribution >= 0.6 is 23.7 Å². The number of thiophene rings is 1. The second-order valence-corrected chi connectivity index (χ2v) is 7.22. The molecule has 0 amide bonds. The molecule has 3 aliphatic rings. The molecule has 0 atom stereocenters. The van der Waals surface area contributed by atoms with E-state index in [-0.39, 0.29) is 18.2 Å². The van der Waals surface area contributed by atoms with Gasteiger partial charge >= 0.3 is 0 Å². The van der Waals surface area contributed by atoms with Crippen molar-refractivity contribution in [2.24, 2.45) is 11.8 Å². The zero-order valence-electron chi connectivity index (χ0n) is 12.7. The lowest BCUT2D eigenvalue weighted by Crippen LogP contribution is -2.30. The van der Waals surface area contributed by atoms with E-state index < -0.39 is 0 Å². The van der Waals surface area contributed by atoms with Crippen molar-refractivity contribution in [3.63, 3.8) is 0 Å². The number of halogens is 2. The third-order valence-corrected chi connectivity index (χ3v) is 6.11. The van der Waals surface area contributed by atoms with Crippen LogP contribution in [0.3, 0.4) is 0 Å². The van der Waals surface area contributed by atoms with Crippen LogP contribution in [0.5, 0.6) is 0 Å². The first kappa shape index (κ1) is 16.0. The fourth-order valence-electron chi connectivity index (χ4n) is 4.25. The van der Waals surface area contributed by atoms with E-state index in [1.54, 1.807) is 34.6 Å². The van der Waals surface area contributed by atoms with Gasteiger partial charge in [-0.15, -0.1) is 23.7 Å². The second-order valence-electron chi connectivity index (χ2n) is 6.31. The van der Waals surface area contributed by atoms with E-state index in [9.17, 15) is 4.39 Å². The Morgan fingerprint density at radius 2 is 1.91 bits per heavy atom. The van der Waals surface area contributed by atoms with E-state index in [0.717, 1.165) is 17.2 Å². The van der Waals surface area contributed by atoms with Crippen molar-refractivity contribution >= 4 is 39.4 Å². The predicted octanol–water partition coefficient (Wildman–Crippen LogP) is 5.26. The van der Waals surface area contributed by atoms with Crippen LogP contribution in [-0.2, 0) is 0 Å². The maximum absolute atomic E-state index is 13.4. The summed E-state index contributed by atoms with van der Waals surface area (Å²) in [6, 6.07) is 5.23.